The fraction of sp³-hybridized carbons (Fsp3) is 0. The van der Waals surface area contributed by atoms with E-state index in [0.717, 1.165) is 15.8 Å². The van der Waals surface area contributed by atoms with Crippen LogP contribution in [0.15, 0.2) is 97.7 Å². The highest BCUT2D eigenvalue weighted by Crippen LogP contribution is 2.31. The van der Waals surface area contributed by atoms with Gasteiger partial charge in [-0.05, 0) is 54.6 Å². The van der Waals surface area contributed by atoms with Crippen molar-refractivity contribution in [3.05, 3.63) is 77.3 Å². The van der Waals surface area contributed by atoms with Gasteiger partial charge in [0, 0.05) is 4.47 Å². The minimum absolute atomic E-state index is 0.0789. The molecule has 0 radical (unpaired) electrons. The van der Waals surface area contributed by atoms with Crippen LogP contribution in [0.2, 0.25) is 0 Å². The zero-order valence-electron chi connectivity index (χ0n) is 12.5. The first-order chi connectivity index (χ1) is 11.7. The Morgan fingerprint density at radius 1 is 0.625 bits per heavy atom. The van der Waals surface area contributed by atoms with Gasteiger partial charge in [-0.1, -0.05) is 34.1 Å². The van der Waals surface area contributed by atoms with Crippen molar-refractivity contribution in [1.29, 1.82) is 0 Å². The third-order valence-electron chi connectivity index (χ3n) is 3.10. The van der Waals surface area contributed by atoms with Crippen LogP contribution in [0.25, 0.3) is 0 Å². The molecule has 1 N–H and O–H groups in total. The quantitative estimate of drug-likeness (QED) is 0.486. The summed E-state index contributed by atoms with van der Waals surface area (Å²) >= 11 is 3.33. The smallest absolute Gasteiger partial charge is 0.143 e. The third kappa shape index (κ3) is 4.33. The molecule has 0 aliphatic rings. The van der Waals surface area contributed by atoms with E-state index in [0.29, 0.717) is 11.4 Å². The van der Waals surface area contributed by atoms with E-state index in [1.165, 1.54) is 0 Å². The molecule has 0 aromatic heterocycles. The van der Waals surface area contributed by atoms with Gasteiger partial charge in [0.1, 0.15) is 11.4 Å². The fourth-order valence-electron chi connectivity index (χ4n) is 1.88. The third-order valence-corrected chi connectivity index (χ3v) is 3.59. The molecule has 0 saturated heterocycles. The predicted molar refractivity (Wildman–Crippen MR) is 97.0 cm³/mol. The van der Waals surface area contributed by atoms with Crippen LogP contribution in [0.4, 0.5) is 22.7 Å². The molecular weight excluding hydrogens is 368 g/mol. The van der Waals surface area contributed by atoms with Crippen molar-refractivity contribution in [1.82, 2.24) is 0 Å². The number of halogens is 1. The van der Waals surface area contributed by atoms with Crippen LogP contribution in [0.1, 0.15) is 0 Å². The van der Waals surface area contributed by atoms with Crippen molar-refractivity contribution in [3.63, 3.8) is 0 Å². The number of hydrogen-bond donors (Lipinski definition) is 1. The number of phenols is 1. The summed E-state index contributed by atoms with van der Waals surface area (Å²) in [6.45, 7) is 0. The first kappa shape index (κ1) is 16.0. The molecule has 0 fully saturated rings. The van der Waals surface area contributed by atoms with Crippen molar-refractivity contribution in [2.75, 3.05) is 0 Å². The lowest BCUT2D eigenvalue weighted by molar-refractivity contribution is 0.476. The molecule has 118 valence electrons. The molecule has 3 rings (SSSR count). The van der Waals surface area contributed by atoms with Crippen LogP contribution >= 0.6 is 15.9 Å². The Balaban J connectivity index is 1.71. The number of phenolic OH excluding ortho intramolecular Hbond substituents is 1. The van der Waals surface area contributed by atoms with Gasteiger partial charge in [-0.2, -0.15) is 15.3 Å². The molecule has 0 heterocycles. The molecular formula is C18H13BrN4O. The van der Waals surface area contributed by atoms with Crippen LogP contribution < -0.4 is 0 Å². The van der Waals surface area contributed by atoms with Gasteiger partial charge in [0.25, 0.3) is 0 Å². The second kappa shape index (κ2) is 7.61. The zero-order chi connectivity index (χ0) is 16.8. The van der Waals surface area contributed by atoms with E-state index in [4.69, 9.17) is 0 Å². The van der Waals surface area contributed by atoms with Crippen LogP contribution in [0.3, 0.4) is 0 Å². The number of azo groups is 2. The number of rotatable bonds is 4. The first-order valence-electron chi connectivity index (χ1n) is 7.18. The summed E-state index contributed by atoms with van der Waals surface area (Å²) in [5.41, 5.74) is 2.58. The van der Waals surface area contributed by atoms with Crippen LogP contribution in [0, 0.1) is 0 Å². The summed E-state index contributed by atoms with van der Waals surface area (Å²) in [5, 5.41) is 26.2. The molecule has 24 heavy (non-hydrogen) atoms. The Morgan fingerprint density at radius 3 is 1.79 bits per heavy atom. The Bertz CT molecular complexity index is 877. The van der Waals surface area contributed by atoms with Gasteiger partial charge in [-0.3, -0.25) is 0 Å². The van der Waals surface area contributed by atoms with Crippen molar-refractivity contribution >= 4 is 38.7 Å². The van der Waals surface area contributed by atoms with Gasteiger partial charge in [0.05, 0.1) is 17.1 Å². The Kier molecular flexibility index (Phi) is 5.08. The van der Waals surface area contributed by atoms with E-state index in [1.54, 1.807) is 30.3 Å². The fourth-order valence-corrected chi connectivity index (χ4v) is 2.23. The van der Waals surface area contributed by atoms with Crippen molar-refractivity contribution in [2.45, 2.75) is 0 Å². The topological polar surface area (TPSA) is 69.7 Å². The number of nitrogens with zero attached hydrogens (tertiary/aromatic N) is 4. The van der Waals surface area contributed by atoms with Gasteiger partial charge in [-0.15, -0.1) is 5.11 Å². The summed E-state index contributed by atoms with van der Waals surface area (Å²) in [6.07, 6.45) is 0. The summed E-state index contributed by atoms with van der Waals surface area (Å²) in [7, 11) is 0. The van der Waals surface area contributed by atoms with E-state index in [-0.39, 0.29) is 5.75 Å². The average molecular weight is 381 g/mol. The summed E-state index contributed by atoms with van der Waals surface area (Å²) < 4.78 is 0.825. The monoisotopic (exact) mass is 380 g/mol. The molecule has 3 aromatic rings. The molecule has 0 bridgehead atoms. The number of benzene rings is 3. The van der Waals surface area contributed by atoms with Crippen LogP contribution in [-0.4, -0.2) is 5.11 Å². The molecule has 0 saturated carbocycles. The Labute approximate surface area is 147 Å². The average Bonchev–Trinajstić information content (AvgIpc) is 2.62. The van der Waals surface area contributed by atoms with Gasteiger partial charge in [0.15, 0.2) is 0 Å². The molecule has 0 aliphatic heterocycles. The maximum Gasteiger partial charge on any atom is 0.143 e. The molecule has 0 amide bonds. The van der Waals surface area contributed by atoms with E-state index < -0.39 is 0 Å². The molecule has 3 aromatic carbocycles. The lowest BCUT2D eigenvalue weighted by Gasteiger charge is -1.98. The van der Waals surface area contributed by atoms with Crippen LogP contribution in [0.5, 0.6) is 5.75 Å². The zero-order valence-corrected chi connectivity index (χ0v) is 14.1. The summed E-state index contributed by atoms with van der Waals surface area (Å²) in [5.74, 6) is 0.0789. The minimum atomic E-state index is 0.0789. The number of aromatic hydroxyl groups is 1. The number of hydrogen-bond acceptors (Lipinski definition) is 5. The highest BCUT2D eigenvalue weighted by atomic mass is 79.9. The van der Waals surface area contributed by atoms with Gasteiger partial charge >= 0.3 is 0 Å². The second-order valence-electron chi connectivity index (χ2n) is 4.88. The normalized spacial score (nSPS) is 11.4. The second-order valence-corrected chi connectivity index (χ2v) is 5.80. The maximum atomic E-state index is 9.73. The highest BCUT2D eigenvalue weighted by Gasteiger charge is 2.00. The lowest BCUT2D eigenvalue weighted by atomic mass is 10.3. The van der Waals surface area contributed by atoms with E-state index >= 15 is 0 Å². The SMILES string of the molecule is Oc1ccc(Br)cc1N=Nc1ccc(N=Nc2ccccc2)cc1. The molecule has 0 unspecified atom stereocenters. The highest BCUT2D eigenvalue weighted by molar-refractivity contribution is 9.10. The largest absolute Gasteiger partial charge is 0.506 e. The molecule has 0 aliphatic carbocycles. The van der Waals surface area contributed by atoms with Gasteiger partial charge < -0.3 is 5.11 Å². The van der Waals surface area contributed by atoms with Crippen molar-refractivity contribution in [2.24, 2.45) is 20.5 Å². The van der Waals surface area contributed by atoms with Gasteiger partial charge in [0.2, 0.25) is 0 Å². The first-order valence-corrected chi connectivity index (χ1v) is 7.97. The molecule has 5 nitrogen and oxygen atoms in total. The summed E-state index contributed by atoms with van der Waals surface area (Å²) in [4.78, 5) is 0. The van der Waals surface area contributed by atoms with Crippen LogP contribution in [-0.2, 0) is 0 Å². The molecule has 0 atom stereocenters. The van der Waals surface area contributed by atoms with E-state index in [2.05, 4.69) is 36.4 Å². The molecule has 0 spiro atoms. The minimum Gasteiger partial charge on any atom is -0.506 e. The Morgan fingerprint density at radius 2 is 1.17 bits per heavy atom. The van der Waals surface area contributed by atoms with Crippen molar-refractivity contribution < 1.29 is 5.11 Å². The molecule has 6 heteroatoms. The predicted octanol–water partition coefficient (Wildman–Crippen LogP) is 6.99. The van der Waals surface area contributed by atoms with Crippen molar-refractivity contribution in [3.8, 4) is 5.75 Å². The lowest BCUT2D eigenvalue weighted by Crippen LogP contribution is -1.69. The summed E-state index contributed by atoms with van der Waals surface area (Å²) in [6, 6.07) is 21.7. The Hall–Kier alpha value is -2.86. The van der Waals surface area contributed by atoms with Gasteiger partial charge in [-0.25, -0.2) is 0 Å². The maximum absolute atomic E-state index is 9.73. The standard InChI is InChI=1S/C18H13BrN4O/c19-13-6-11-18(24)17(12-13)23-22-16-9-7-15(8-10-16)21-20-14-4-2-1-3-5-14/h1-12,24H. The van der Waals surface area contributed by atoms with E-state index in [9.17, 15) is 5.11 Å². The van der Waals surface area contributed by atoms with E-state index in [1.807, 2.05) is 42.5 Å².